The fraction of sp³-hybridized carbons (Fsp3) is 0.222. The van der Waals surface area contributed by atoms with Crippen molar-refractivity contribution in [2.75, 3.05) is 6.61 Å². The molecule has 0 aliphatic heterocycles. The van der Waals surface area contributed by atoms with Gasteiger partial charge in [-0.1, -0.05) is 6.07 Å². The van der Waals surface area contributed by atoms with Gasteiger partial charge in [-0.15, -0.1) is 0 Å². The number of oxazole rings is 1. The first-order chi connectivity index (χ1) is 6.31. The molecule has 68 valence electrons. The number of hydrogen-bond donors (Lipinski definition) is 1. The van der Waals surface area contributed by atoms with Crippen LogP contribution in [0.4, 0.5) is 4.39 Å². The van der Waals surface area contributed by atoms with E-state index in [2.05, 4.69) is 4.98 Å². The second-order valence-corrected chi connectivity index (χ2v) is 2.67. The Morgan fingerprint density at radius 1 is 1.46 bits per heavy atom. The summed E-state index contributed by atoms with van der Waals surface area (Å²) >= 11 is 0. The normalized spacial score (nSPS) is 10.9. The molecule has 2 rings (SSSR count). The molecule has 0 aliphatic rings. The molecule has 0 aliphatic carbocycles. The first-order valence-corrected chi connectivity index (χ1v) is 3.96. The Labute approximate surface area is 73.8 Å². The maximum absolute atomic E-state index is 13.0. The highest BCUT2D eigenvalue weighted by Crippen LogP contribution is 2.18. The van der Waals surface area contributed by atoms with Gasteiger partial charge in [0.1, 0.15) is 5.52 Å². The van der Waals surface area contributed by atoms with Crippen LogP contribution >= 0.6 is 0 Å². The molecule has 0 saturated heterocycles. The molecule has 1 heterocycles. The summed E-state index contributed by atoms with van der Waals surface area (Å²) in [5.74, 6) is -0.0585. The van der Waals surface area contributed by atoms with Crippen LogP contribution in [0.15, 0.2) is 22.6 Å². The number of benzene rings is 1. The van der Waals surface area contributed by atoms with Crippen LogP contribution in [0, 0.1) is 5.82 Å². The summed E-state index contributed by atoms with van der Waals surface area (Å²) in [6.45, 7) is -0.0472. The minimum atomic E-state index is -0.422. The Kier molecular flexibility index (Phi) is 1.98. The molecular weight excluding hydrogens is 173 g/mol. The minimum absolute atomic E-state index is 0.0472. The Morgan fingerprint density at radius 3 is 3.00 bits per heavy atom. The third kappa shape index (κ3) is 1.40. The number of fused-ring (bicyclic) bond motifs is 1. The van der Waals surface area contributed by atoms with Gasteiger partial charge in [-0.2, -0.15) is 0 Å². The molecule has 1 N–H and O–H groups in total. The lowest BCUT2D eigenvalue weighted by Gasteiger charge is -1.87. The van der Waals surface area contributed by atoms with Gasteiger partial charge in [0.05, 0.1) is 6.61 Å². The molecule has 0 radical (unpaired) electrons. The Bertz CT molecular complexity index is 424. The zero-order valence-corrected chi connectivity index (χ0v) is 6.83. The van der Waals surface area contributed by atoms with Gasteiger partial charge in [-0.3, -0.25) is 0 Å². The second kappa shape index (κ2) is 3.14. The monoisotopic (exact) mass is 181 g/mol. The van der Waals surface area contributed by atoms with E-state index in [1.54, 1.807) is 12.1 Å². The maximum Gasteiger partial charge on any atom is 0.197 e. The lowest BCUT2D eigenvalue weighted by molar-refractivity contribution is 0.286. The first-order valence-electron chi connectivity index (χ1n) is 3.96. The topological polar surface area (TPSA) is 46.3 Å². The number of aliphatic hydroxyl groups is 1. The summed E-state index contributed by atoms with van der Waals surface area (Å²) in [5.41, 5.74) is 0.648. The van der Waals surface area contributed by atoms with Gasteiger partial charge in [0.2, 0.25) is 0 Å². The van der Waals surface area contributed by atoms with Crippen molar-refractivity contribution in [3.05, 3.63) is 29.9 Å². The molecule has 2 aromatic rings. The summed E-state index contributed by atoms with van der Waals surface area (Å²) in [6, 6.07) is 4.56. The maximum atomic E-state index is 13.0. The van der Waals surface area contributed by atoms with Crippen LogP contribution in [0.3, 0.4) is 0 Å². The lowest BCUT2D eigenvalue weighted by Crippen LogP contribution is -1.88. The highest BCUT2D eigenvalue weighted by Gasteiger charge is 2.08. The number of rotatable bonds is 2. The molecule has 1 aromatic carbocycles. The zero-order chi connectivity index (χ0) is 9.26. The summed E-state index contributed by atoms with van der Waals surface area (Å²) < 4.78 is 18.1. The van der Waals surface area contributed by atoms with E-state index in [1.807, 2.05) is 0 Å². The molecule has 3 nitrogen and oxygen atoms in total. The molecular formula is C9H8FNO2. The van der Waals surface area contributed by atoms with E-state index in [4.69, 9.17) is 9.52 Å². The van der Waals surface area contributed by atoms with Crippen LogP contribution in [-0.2, 0) is 6.42 Å². The van der Waals surface area contributed by atoms with Crippen molar-refractivity contribution in [1.82, 2.24) is 4.98 Å². The third-order valence-corrected chi connectivity index (χ3v) is 1.74. The molecule has 0 saturated carbocycles. The Hall–Kier alpha value is -1.42. The van der Waals surface area contributed by atoms with Crippen molar-refractivity contribution in [1.29, 1.82) is 0 Å². The van der Waals surface area contributed by atoms with E-state index in [0.29, 0.717) is 17.8 Å². The first kappa shape index (κ1) is 8.19. The highest BCUT2D eigenvalue weighted by molar-refractivity contribution is 5.72. The number of halogens is 1. The molecule has 0 unspecified atom stereocenters. The van der Waals surface area contributed by atoms with Crippen LogP contribution in [0.5, 0.6) is 0 Å². The molecule has 13 heavy (non-hydrogen) atoms. The predicted molar refractivity (Wildman–Crippen MR) is 44.8 cm³/mol. The average molecular weight is 181 g/mol. The van der Waals surface area contributed by atoms with E-state index in [-0.39, 0.29) is 12.2 Å². The summed E-state index contributed by atoms with van der Waals surface area (Å²) in [7, 11) is 0. The van der Waals surface area contributed by atoms with Gasteiger partial charge < -0.3 is 9.52 Å². The quantitative estimate of drug-likeness (QED) is 0.763. The number of hydrogen-bond acceptors (Lipinski definition) is 3. The van der Waals surface area contributed by atoms with E-state index in [1.165, 1.54) is 6.07 Å². The molecule has 4 heteroatoms. The van der Waals surface area contributed by atoms with Crippen LogP contribution < -0.4 is 0 Å². The minimum Gasteiger partial charge on any atom is -0.438 e. The van der Waals surface area contributed by atoms with Crippen LogP contribution in [0.1, 0.15) is 5.89 Å². The molecule has 1 aromatic heterocycles. The van der Waals surface area contributed by atoms with Gasteiger partial charge in [0.15, 0.2) is 17.3 Å². The number of aliphatic hydroxyl groups excluding tert-OH is 1. The van der Waals surface area contributed by atoms with Crippen molar-refractivity contribution in [2.24, 2.45) is 0 Å². The standard InChI is InChI=1S/C9H8FNO2/c10-6-2-1-3-7-9(6)13-8(11-7)4-5-12/h1-3,12H,4-5H2. The van der Waals surface area contributed by atoms with E-state index in [0.717, 1.165) is 0 Å². The SMILES string of the molecule is OCCc1nc2cccc(F)c2o1. The van der Waals surface area contributed by atoms with Gasteiger partial charge >= 0.3 is 0 Å². The van der Waals surface area contributed by atoms with Gasteiger partial charge in [-0.25, -0.2) is 9.37 Å². The molecule has 0 fully saturated rings. The average Bonchev–Trinajstić information content (AvgIpc) is 2.49. The predicted octanol–water partition coefficient (Wildman–Crippen LogP) is 1.50. The Balaban J connectivity index is 2.55. The summed E-state index contributed by atoms with van der Waals surface area (Å²) in [4.78, 5) is 4.00. The van der Waals surface area contributed by atoms with Crippen LogP contribution in [-0.4, -0.2) is 16.7 Å². The summed E-state index contributed by atoms with van der Waals surface area (Å²) in [5, 5.41) is 8.62. The molecule has 0 atom stereocenters. The second-order valence-electron chi connectivity index (χ2n) is 2.67. The van der Waals surface area contributed by atoms with Crippen LogP contribution in [0.25, 0.3) is 11.1 Å². The van der Waals surface area contributed by atoms with Crippen molar-refractivity contribution in [2.45, 2.75) is 6.42 Å². The largest absolute Gasteiger partial charge is 0.438 e. The van der Waals surface area contributed by atoms with Crippen molar-refractivity contribution in [3.8, 4) is 0 Å². The van der Waals surface area contributed by atoms with E-state index in [9.17, 15) is 4.39 Å². The third-order valence-electron chi connectivity index (χ3n) is 1.74. The number of nitrogens with zero attached hydrogens (tertiary/aromatic N) is 1. The molecule has 0 spiro atoms. The zero-order valence-electron chi connectivity index (χ0n) is 6.83. The molecule has 0 amide bonds. The summed E-state index contributed by atoms with van der Waals surface area (Å²) in [6.07, 6.45) is 0.314. The number of para-hydroxylation sites is 1. The van der Waals surface area contributed by atoms with E-state index >= 15 is 0 Å². The van der Waals surface area contributed by atoms with Gasteiger partial charge in [0, 0.05) is 6.42 Å². The fourth-order valence-electron chi connectivity index (χ4n) is 1.16. The van der Waals surface area contributed by atoms with Crippen LogP contribution in [0.2, 0.25) is 0 Å². The fourth-order valence-corrected chi connectivity index (χ4v) is 1.16. The van der Waals surface area contributed by atoms with Crippen molar-refractivity contribution >= 4 is 11.1 Å². The van der Waals surface area contributed by atoms with E-state index < -0.39 is 5.82 Å². The van der Waals surface area contributed by atoms with Gasteiger partial charge in [-0.05, 0) is 12.1 Å². The lowest BCUT2D eigenvalue weighted by atomic mass is 10.3. The van der Waals surface area contributed by atoms with Crippen molar-refractivity contribution in [3.63, 3.8) is 0 Å². The molecule has 0 bridgehead atoms. The highest BCUT2D eigenvalue weighted by atomic mass is 19.1. The number of aromatic nitrogens is 1. The van der Waals surface area contributed by atoms with Gasteiger partial charge in [0.25, 0.3) is 0 Å². The van der Waals surface area contributed by atoms with Crippen molar-refractivity contribution < 1.29 is 13.9 Å². The smallest absolute Gasteiger partial charge is 0.197 e. The Morgan fingerprint density at radius 2 is 2.31 bits per heavy atom.